The van der Waals surface area contributed by atoms with Gasteiger partial charge in [0.05, 0.1) is 11.6 Å². The van der Waals surface area contributed by atoms with Crippen LogP contribution in [-0.4, -0.2) is 27.0 Å². The van der Waals surface area contributed by atoms with Crippen LogP contribution in [0.4, 0.5) is 4.79 Å². The molecule has 3 amide bonds. The molecule has 1 saturated heterocycles. The summed E-state index contributed by atoms with van der Waals surface area (Å²) >= 11 is 5.98. The first-order chi connectivity index (χ1) is 13.9. The minimum atomic E-state index is -1.29. The Morgan fingerprint density at radius 2 is 2.03 bits per heavy atom. The molecule has 1 aliphatic heterocycles. The average molecular weight is 408 g/mol. The second kappa shape index (κ2) is 7.04. The number of aromatic nitrogens is 2. The number of carbonyl (C=O) groups excluding carboxylic acids is 2. The lowest BCUT2D eigenvalue weighted by Crippen LogP contribution is -2.40. The lowest BCUT2D eigenvalue weighted by molar-refractivity contribution is -0.131. The summed E-state index contributed by atoms with van der Waals surface area (Å²) in [7, 11) is 0. The van der Waals surface area contributed by atoms with Crippen LogP contribution in [0.5, 0.6) is 0 Å². The van der Waals surface area contributed by atoms with Crippen LogP contribution in [0.15, 0.2) is 53.1 Å². The van der Waals surface area contributed by atoms with Gasteiger partial charge in [-0.2, -0.15) is 10.2 Å². The van der Waals surface area contributed by atoms with Crippen molar-refractivity contribution in [2.24, 2.45) is 0 Å². The Morgan fingerprint density at radius 3 is 2.79 bits per heavy atom. The van der Waals surface area contributed by atoms with E-state index in [0.717, 1.165) is 4.90 Å². The number of hydrogen-bond acceptors (Lipinski definition) is 6. The van der Waals surface area contributed by atoms with E-state index in [1.165, 1.54) is 0 Å². The fourth-order valence-corrected chi connectivity index (χ4v) is 3.33. The third-order valence-corrected chi connectivity index (χ3v) is 4.92. The summed E-state index contributed by atoms with van der Waals surface area (Å²) in [5.41, 5.74) is 0.275. The maximum atomic E-state index is 13.0. The molecule has 9 heteroatoms. The molecule has 1 aromatic heterocycles. The third-order valence-electron chi connectivity index (χ3n) is 4.69. The number of urea groups is 1. The highest BCUT2D eigenvalue weighted by atomic mass is 35.5. The number of nitrogens with one attached hydrogen (secondary N) is 1. The fourth-order valence-electron chi connectivity index (χ4n) is 3.14. The summed E-state index contributed by atoms with van der Waals surface area (Å²) in [4.78, 5) is 30.7. The molecule has 0 radical (unpaired) electrons. The molecule has 0 spiro atoms. The van der Waals surface area contributed by atoms with Gasteiger partial charge in [-0.3, -0.25) is 9.69 Å². The molecule has 3 aromatic rings. The number of hydrogen-bond donors (Lipinski definition) is 1. The Hall–Kier alpha value is -3.70. The maximum absolute atomic E-state index is 13.0. The van der Waals surface area contributed by atoms with Gasteiger partial charge in [0.1, 0.15) is 12.1 Å². The van der Waals surface area contributed by atoms with Crippen LogP contribution in [0.3, 0.4) is 0 Å². The van der Waals surface area contributed by atoms with E-state index in [4.69, 9.17) is 21.4 Å². The van der Waals surface area contributed by atoms with Gasteiger partial charge in [-0.05, 0) is 36.8 Å². The molecule has 29 heavy (non-hydrogen) atoms. The Kier molecular flexibility index (Phi) is 4.53. The number of amides is 3. The number of nitriles is 1. The van der Waals surface area contributed by atoms with Crippen LogP contribution in [0.2, 0.25) is 5.02 Å². The standard InChI is InChI=1S/C20H14ClN5O3/c1-20(14-6-2-4-12(8-14)10-22)18(27)26(19(28)24-20)11-16-23-17(25-29-16)13-5-3-7-15(21)9-13/h2-9H,11H2,1H3,(H,24,28). The Bertz CT molecular complexity index is 1170. The van der Waals surface area contributed by atoms with Gasteiger partial charge in [0.15, 0.2) is 0 Å². The highest BCUT2D eigenvalue weighted by Crippen LogP contribution is 2.30. The number of rotatable bonds is 4. The molecule has 1 fully saturated rings. The van der Waals surface area contributed by atoms with E-state index in [9.17, 15) is 9.59 Å². The zero-order chi connectivity index (χ0) is 20.6. The van der Waals surface area contributed by atoms with Crippen molar-refractivity contribution in [3.8, 4) is 17.5 Å². The van der Waals surface area contributed by atoms with E-state index in [0.29, 0.717) is 27.5 Å². The first-order valence-electron chi connectivity index (χ1n) is 8.64. The normalized spacial score (nSPS) is 18.6. The molecule has 2 aromatic carbocycles. The molecule has 8 nitrogen and oxygen atoms in total. The van der Waals surface area contributed by atoms with Crippen molar-refractivity contribution in [1.82, 2.24) is 20.4 Å². The van der Waals surface area contributed by atoms with Crippen molar-refractivity contribution in [3.05, 3.63) is 70.6 Å². The smallest absolute Gasteiger partial charge is 0.325 e. The predicted octanol–water partition coefficient (Wildman–Crippen LogP) is 3.23. The highest BCUT2D eigenvalue weighted by Gasteiger charge is 2.49. The summed E-state index contributed by atoms with van der Waals surface area (Å²) < 4.78 is 5.21. The first kappa shape index (κ1) is 18.7. The molecule has 0 bridgehead atoms. The minimum absolute atomic E-state index is 0.110. The number of benzene rings is 2. The molecule has 1 unspecified atom stereocenters. The lowest BCUT2D eigenvalue weighted by Gasteiger charge is -2.22. The Labute approximate surface area is 170 Å². The average Bonchev–Trinajstić information content (AvgIpc) is 3.27. The van der Waals surface area contributed by atoms with Crippen molar-refractivity contribution >= 4 is 23.5 Å². The van der Waals surface area contributed by atoms with E-state index < -0.39 is 17.5 Å². The van der Waals surface area contributed by atoms with Gasteiger partial charge in [-0.25, -0.2) is 4.79 Å². The van der Waals surface area contributed by atoms with Crippen LogP contribution >= 0.6 is 11.6 Å². The zero-order valence-corrected chi connectivity index (χ0v) is 16.0. The second-order valence-electron chi connectivity index (χ2n) is 6.66. The summed E-state index contributed by atoms with van der Waals surface area (Å²) in [6.07, 6.45) is 0. The predicted molar refractivity (Wildman–Crippen MR) is 102 cm³/mol. The second-order valence-corrected chi connectivity index (χ2v) is 7.10. The van der Waals surface area contributed by atoms with Crippen molar-refractivity contribution in [2.75, 3.05) is 0 Å². The number of halogens is 1. The molecule has 4 rings (SSSR count). The molecule has 1 atom stereocenters. The minimum Gasteiger partial charge on any atom is -0.337 e. The molecule has 0 saturated carbocycles. The van der Waals surface area contributed by atoms with E-state index in [1.54, 1.807) is 55.5 Å². The van der Waals surface area contributed by atoms with Gasteiger partial charge in [0.25, 0.3) is 5.91 Å². The largest absolute Gasteiger partial charge is 0.337 e. The van der Waals surface area contributed by atoms with E-state index >= 15 is 0 Å². The number of imide groups is 1. The van der Waals surface area contributed by atoms with E-state index in [1.807, 2.05) is 6.07 Å². The van der Waals surface area contributed by atoms with Gasteiger partial charge in [0, 0.05) is 10.6 Å². The summed E-state index contributed by atoms with van der Waals surface area (Å²) in [5, 5.41) is 16.2. The fraction of sp³-hybridized carbons (Fsp3) is 0.150. The summed E-state index contributed by atoms with van der Waals surface area (Å²) in [6.45, 7) is 1.42. The van der Waals surface area contributed by atoms with Gasteiger partial charge in [0.2, 0.25) is 11.7 Å². The zero-order valence-electron chi connectivity index (χ0n) is 15.2. The molecule has 0 aliphatic carbocycles. The highest BCUT2D eigenvalue weighted by molar-refractivity contribution is 6.30. The number of nitrogens with zero attached hydrogens (tertiary/aromatic N) is 4. The molecule has 144 valence electrons. The van der Waals surface area contributed by atoms with Crippen LogP contribution in [0, 0.1) is 11.3 Å². The molecular formula is C20H14ClN5O3. The van der Waals surface area contributed by atoms with Crippen LogP contribution in [0.25, 0.3) is 11.4 Å². The third kappa shape index (κ3) is 3.32. The topological polar surface area (TPSA) is 112 Å². The monoisotopic (exact) mass is 407 g/mol. The first-order valence-corrected chi connectivity index (χ1v) is 9.02. The van der Waals surface area contributed by atoms with Crippen LogP contribution in [-0.2, 0) is 16.9 Å². The van der Waals surface area contributed by atoms with E-state index in [2.05, 4.69) is 15.5 Å². The van der Waals surface area contributed by atoms with Gasteiger partial charge in [-0.1, -0.05) is 41.0 Å². The molecule has 1 N–H and O–H groups in total. The van der Waals surface area contributed by atoms with E-state index in [-0.39, 0.29) is 12.4 Å². The lowest BCUT2D eigenvalue weighted by atomic mass is 9.91. The number of carbonyl (C=O) groups is 2. The van der Waals surface area contributed by atoms with Crippen LogP contribution < -0.4 is 5.32 Å². The SMILES string of the molecule is CC1(c2cccc(C#N)c2)NC(=O)N(Cc2nc(-c3cccc(Cl)c3)no2)C1=O. The molecule has 1 aliphatic rings. The van der Waals surface area contributed by atoms with Crippen molar-refractivity contribution in [3.63, 3.8) is 0 Å². The van der Waals surface area contributed by atoms with Crippen molar-refractivity contribution in [1.29, 1.82) is 5.26 Å². The molecule has 2 heterocycles. The summed E-state index contributed by atoms with van der Waals surface area (Å²) in [5.74, 6) is -0.0577. The summed E-state index contributed by atoms with van der Waals surface area (Å²) in [6, 6.07) is 14.9. The van der Waals surface area contributed by atoms with Gasteiger partial charge in [-0.15, -0.1) is 0 Å². The Balaban J connectivity index is 1.58. The van der Waals surface area contributed by atoms with Crippen molar-refractivity contribution in [2.45, 2.75) is 19.0 Å². The van der Waals surface area contributed by atoms with Crippen LogP contribution in [0.1, 0.15) is 23.9 Å². The quantitative estimate of drug-likeness (QED) is 0.664. The van der Waals surface area contributed by atoms with Gasteiger partial charge < -0.3 is 9.84 Å². The van der Waals surface area contributed by atoms with Gasteiger partial charge >= 0.3 is 6.03 Å². The Morgan fingerprint density at radius 1 is 1.24 bits per heavy atom. The molecular weight excluding hydrogens is 394 g/mol. The van der Waals surface area contributed by atoms with Crippen molar-refractivity contribution < 1.29 is 14.1 Å². The maximum Gasteiger partial charge on any atom is 0.325 e.